The summed E-state index contributed by atoms with van der Waals surface area (Å²) in [5, 5.41) is 2.08. The first-order valence-electron chi connectivity index (χ1n) is 6.85. The van der Waals surface area contributed by atoms with Crippen molar-refractivity contribution >= 4 is 52.2 Å². The Morgan fingerprint density at radius 1 is 0.682 bits per heavy atom. The molecule has 0 heterocycles. The van der Waals surface area contributed by atoms with Crippen molar-refractivity contribution in [2.24, 2.45) is 0 Å². The van der Waals surface area contributed by atoms with Gasteiger partial charge in [0.2, 0.25) is 0 Å². The Balaban J connectivity index is 1.82. The third kappa shape index (κ3) is 5.17. The van der Waals surface area contributed by atoms with Crippen LogP contribution in [-0.4, -0.2) is 5.78 Å². The van der Waals surface area contributed by atoms with E-state index in [2.05, 4.69) is 0 Å². The van der Waals surface area contributed by atoms with Gasteiger partial charge in [-0.25, -0.2) is 0 Å². The molecule has 116 valence electrons. The molecule has 0 saturated heterocycles. The van der Waals surface area contributed by atoms with Crippen LogP contribution in [0.3, 0.4) is 0 Å². The summed E-state index contributed by atoms with van der Waals surface area (Å²) < 4.78 is 0. The number of carbonyl (C=O) groups is 1. The maximum atomic E-state index is 12.0. The highest BCUT2D eigenvalue weighted by Crippen LogP contribution is 2.24. The van der Waals surface area contributed by atoms with Crippen LogP contribution in [0.25, 0.3) is 0 Å². The Morgan fingerprint density at radius 2 is 1.09 bits per heavy atom. The fourth-order valence-corrected chi connectivity index (χ4v) is 2.72. The quantitative estimate of drug-likeness (QED) is 0.568. The van der Waals surface area contributed by atoms with Crippen molar-refractivity contribution in [3.05, 3.63) is 67.6 Å². The van der Waals surface area contributed by atoms with Crippen molar-refractivity contribution < 1.29 is 4.79 Å². The molecule has 0 aliphatic carbocycles. The van der Waals surface area contributed by atoms with Crippen molar-refractivity contribution in [2.45, 2.75) is 25.7 Å². The van der Waals surface area contributed by atoms with Gasteiger partial charge >= 0.3 is 0 Å². The number of Topliss-reactive ketones (excluding diaryl/α,β-unsaturated/α-hetero) is 1. The number of aryl methyl sites for hydroxylation is 2. The predicted molar refractivity (Wildman–Crippen MR) is 94.6 cm³/mol. The third-order valence-corrected chi connectivity index (χ3v) is 4.83. The first-order chi connectivity index (χ1) is 10.5. The number of hydrogen-bond donors (Lipinski definition) is 0. The second-order valence-corrected chi connectivity index (χ2v) is 6.66. The van der Waals surface area contributed by atoms with Gasteiger partial charge in [0, 0.05) is 12.8 Å². The van der Waals surface area contributed by atoms with E-state index < -0.39 is 0 Å². The molecule has 0 spiro atoms. The van der Waals surface area contributed by atoms with Crippen LogP contribution in [-0.2, 0) is 17.6 Å². The van der Waals surface area contributed by atoms with E-state index >= 15 is 0 Å². The largest absolute Gasteiger partial charge is 0.300 e. The SMILES string of the molecule is O=C(CCc1ccc(Cl)c(Cl)c1)CCc1ccc(Cl)c(Cl)c1. The summed E-state index contributed by atoms with van der Waals surface area (Å²) >= 11 is 23.6. The van der Waals surface area contributed by atoms with Crippen LogP contribution >= 0.6 is 46.4 Å². The zero-order valence-corrected chi connectivity index (χ0v) is 14.7. The third-order valence-electron chi connectivity index (χ3n) is 3.35. The van der Waals surface area contributed by atoms with Crippen molar-refractivity contribution in [3.8, 4) is 0 Å². The summed E-state index contributed by atoms with van der Waals surface area (Å²) in [6.45, 7) is 0. The number of carbonyl (C=O) groups excluding carboxylic acids is 1. The standard InChI is InChI=1S/C17H14Cl4O/c18-14-7-3-11(9-16(14)20)1-5-13(22)6-2-12-4-8-15(19)17(21)10-12/h3-4,7-10H,1-2,5-6H2. The molecular formula is C17H14Cl4O. The van der Waals surface area contributed by atoms with Crippen LogP contribution in [0.1, 0.15) is 24.0 Å². The molecule has 0 radical (unpaired) electrons. The van der Waals surface area contributed by atoms with Gasteiger partial charge in [0.05, 0.1) is 20.1 Å². The molecule has 0 atom stereocenters. The molecular weight excluding hydrogens is 362 g/mol. The van der Waals surface area contributed by atoms with Gasteiger partial charge in [0.15, 0.2) is 0 Å². The second kappa shape index (κ2) is 8.21. The summed E-state index contributed by atoms with van der Waals surface area (Å²) in [6, 6.07) is 10.9. The summed E-state index contributed by atoms with van der Waals surface area (Å²) in [4.78, 5) is 12.0. The molecule has 0 unspecified atom stereocenters. The molecule has 5 heteroatoms. The monoisotopic (exact) mass is 374 g/mol. The van der Waals surface area contributed by atoms with Crippen molar-refractivity contribution in [1.29, 1.82) is 0 Å². The van der Waals surface area contributed by atoms with E-state index in [1.807, 2.05) is 12.1 Å². The topological polar surface area (TPSA) is 17.1 Å². The molecule has 0 aliphatic rings. The molecule has 0 fully saturated rings. The highest BCUT2D eigenvalue weighted by Gasteiger charge is 2.06. The maximum absolute atomic E-state index is 12.0. The van der Waals surface area contributed by atoms with Gasteiger partial charge in [-0.3, -0.25) is 4.79 Å². The minimum atomic E-state index is 0.206. The first kappa shape index (κ1) is 17.6. The lowest BCUT2D eigenvalue weighted by Gasteiger charge is -2.05. The number of ketones is 1. The van der Waals surface area contributed by atoms with Crippen LogP contribution in [0.5, 0.6) is 0 Å². The lowest BCUT2D eigenvalue weighted by molar-refractivity contribution is -0.119. The molecule has 0 N–H and O–H groups in total. The predicted octanol–water partition coefficient (Wildman–Crippen LogP) is 6.43. The van der Waals surface area contributed by atoms with E-state index in [0.717, 1.165) is 11.1 Å². The van der Waals surface area contributed by atoms with Gasteiger partial charge in [-0.2, -0.15) is 0 Å². The van der Waals surface area contributed by atoms with E-state index in [0.29, 0.717) is 45.8 Å². The van der Waals surface area contributed by atoms with Crippen LogP contribution in [0.15, 0.2) is 36.4 Å². The Bertz CT molecular complexity index is 625. The summed E-state index contributed by atoms with van der Waals surface area (Å²) in [7, 11) is 0. The van der Waals surface area contributed by atoms with Gasteiger partial charge in [0.25, 0.3) is 0 Å². The summed E-state index contributed by atoms with van der Waals surface area (Å²) in [5.74, 6) is 0.206. The lowest BCUT2D eigenvalue weighted by atomic mass is 10.0. The molecule has 0 saturated carbocycles. The molecule has 0 amide bonds. The fraction of sp³-hybridized carbons (Fsp3) is 0.235. The van der Waals surface area contributed by atoms with Crippen LogP contribution in [0.2, 0.25) is 20.1 Å². The van der Waals surface area contributed by atoms with Crippen molar-refractivity contribution in [2.75, 3.05) is 0 Å². The average molecular weight is 376 g/mol. The fourth-order valence-electron chi connectivity index (χ4n) is 2.08. The zero-order valence-electron chi connectivity index (χ0n) is 11.7. The average Bonchev–Trinajstić information content (AvgIpc) is 2.49. The molecule has 0 aliphatic heterocycles. The molecule has 22 heavy (non-hydrogen) atoms. The van der Waals surface area contributed by atoms with Crippen molar-refractivity contribution in [3.63, 3.8) is 0 Å². The lowest BCUT2D eigenvalue weighted by Crippen LogP contribution is -2.02. The maximum Gasteiger partial charge on any atom is 0.133 e. The molecule has 2 aromatic carbocycles. The number of rotatable bonds is 6. The molecule has 0 aromatic heterocycles. The van der Waals surface area contributed by atoms with Gasteiger partial charge in [-0.1, -0.05) is 58.5 Å². The van der Waals surface area contributed by atoms with E-state index in [1.165, 1.54) is 0 Å². The minimum Gasteiger partial charge on any atom is -0.300 e. The van der Waals surface area contributed by atoms with Crippen LogP contribution in [0.4, 0.5) is 0 Å². The molecule has 2 rings (SSSR count). The number of hydrogen-bond acceptors (Lipinski definition) is 1. The number of benzene rings is 2. The summed E-state index contributed by atoms with van der Waals surface area (Å²) in [6.07, 6.45) is 2.30. The zero-order chi connectivity index (χ0) is 16.1. The van der Waals surface area contributed by atoms with Crippen molar-refractivity contribution in [1.82, 2.24) is 0 Å². The Hall–Kier alpha value is -0.730. The second-order valence-electron chi connectivity index (χ2n) is 5.04. The highest BCUT2D eigenvalue weighted by molar-refractivity contribution is 6.42. The van der Waals surface area contributed by atoms with Gasteiger partial charge in [-0.15, -0.1) is 0 Å². The molecule has 1 nitrogen and oxygen atoms in total. The van der Waals surface area contributed by atoms with Crippen LogP contribution < -0.4 is 0 Å². The Kier molecular flexibility index (Phi) is 6.58. The van der Waals surface area contributed by atoms with Gasteiger partial charge < -0.3 is 0 Å². The highest BCUT2D eigenvalue weighted by atomic mass is 35.5. The van der Waals surface area contributed by atoms with E-state index in [-0.39, 0.29) is 5.78 Å². The van der Waals surface area contributed by atoms with E-state index in [9.17, 15) is 4.79 Å². The normalized spacial score (nSPS) is 10.7. The smallest absolute Gasteiger partial charge is 0.133 e. The summed E-state index contributed by atoms with van der Waals surface area (Å²) in [5.41, 5.74) is 2.02. The van der Waals surface area contributed by atoms with Crippen LogP contribution in [0, 0.1) is 0 Å². The molecule has 2 aromatic rings. The van der Waals surface area contributed by atoms with Gasteiger partial charge in [-0.05, 0) is 48.2 Å². The van der Waals surface area contributed by atoms with Gasteiger partial charge in [0.1, 0.15) is 5.78 Å². The number of halogens is 4. The Morgan fingerprint density at radius 3 is 1.45 bits per heavy atom. The minimum absolute atomic E-state index is 0.206. The van der Waals surface area contributed by atoms with E-state index in [4.69, 9.17) is 46.4 Å². The first-order valence-corrected chi connectivity index (χ1v) is 8.36. The van der Waals surface area contributed by atoms with E-state index in [1.54, 1.807) is 24.3 Å². The Labute approximate surface area is 150 Å². The molecule has 0 bridgehead atoms.